The molecular weight excluding hydrogens is 257 g/mol. The van der Waals surface area contributed by atoms with Gasteiger partial charge in [0.2, 0.25) is 5.88 Å². The minimum absolute atomic E-state index is 0.0288. The SMILES string of the molecule is COc1ccc(C(CN)N(C)c2ccc(F)cc2)cn1. The zero-order valence-corrected chi connectivity index (χ0v) is 11.6. The summed E-state index contributed by atoms with van der Waals surface area (Å²) in [5.74, 6) is 0.312. The summed E-state index contributed by atoms with van der Waals surface area (Å²) in [5.41, 5.74) is 7.76. The van der Waals surface area contributed by atoms with E-state index < -0.39 is 0 Å². The molecule has 4 nitrogen and oxygen atoms in total. The normalized spacial score (nSPS) is 12.0. The summed E-state index contributed by atoms with van der Waals surface area (Å²) in [6.07, 6.45) is 1.75. The summed E-state index contributed by atoms with van der Waals surface area (Å²) in [6, 6.07) is 10.0. The first-order valence-electron chi connectivity index (χ1n) is 6.34. The van der Waals surface area contributed by atoms with Gasteiger partial charge in [0.05, 0.1) is 13.2 Å². The average Bonchev–Trinajstić information content (AvgIpc) is 2.49. The fraction of sp³-hybridized carbons (Fsp3) is 0.267. The molecule has 2 aromatic rings. The fourth-order valence-corrected chi connectivity index (χ4v) is 2.08. The number of pyridine rings is 1. The third-order valence-electron chi connectivity index (χ3n) is 3.28. The lowest BCUT2D eigenvalue weighted by atomic mass is 10.1. The van der Waals surface area contributed by atoms with E-state index in [2.05, 4.69) is 4.98 Å². The zero-order chi connectivity index (χ0) is 14.5. The highest BCUT2D eigenvalue weighted by Crippen LogP contribution is 2.25. The van der Waals surface area contributed by atoms with E-state index in [9.17, 15) is 4.39 Å². The van der Waals surface area contributed by atoms with Crippen LogP contribution in [0.15, 0.2) is 42.6 Å². The molecule has 0 spiro atoms. The van der Waals surface area contributed by atoms with Gasteiger partial charge in [-0.05, 0) is 29.8 Å². The standard InChI is InChI=1S/C15H18FN3O/c1-19(13-6-4-12(16)5-7-13)14(9-17)11-3-8-15(20-2)18-10-11/h3-8,10,14H,9,17H2,1-2H3. The van der Waals surface area contributed by atoms with Gasteiger partial charge >= 0.3 is 0 Å². The van der Waals surface area contributed by atoms with Crippen LogP contribution in [-0.4, -0.2) is 25.7 Å². The Kier molecular flexibility index (Phi) is 4.53. The highest BCUT2D eigenvalue weighted by atomic mass is 19.1. The Morgan fingerprint density at radius 2 is 1.95 bits per heavy atom. The number of ether oxygens (including phenoxy) is 1. The maximum Gasteiger partial charge on any atom is 0.212 e. The fourth-order valence-electron chi connectivity index (χ4n) is 2.08. The monoisotopic (exact) mass is 275 g/mol. The second kappa shape index (κ2) is 6.34. The van der Waals surface area contributed by atoms with Crippen molar-refractivity contribution in [2.75, 3.05) is 25.6 Å². The van der Waals surface area contributed by atoms with Crippen LogP contribution in [-0.2, 0) is 0 Å². The first kappa shape index (κ1) is 14.3. The highest BCUT2D eigenvalue weighted by molar-refractivity contribution is 5.48. The molecule has 0 aliphatic carbocycles. The molecule has 0 fully saturated rings. The van der Waals surface area contributed by atoms with Crippen LogP contribution in [0.25, 0.3) is 0 Å². The van der Waals surface area contributed by atoms with Crippen LogP contribution in [0, 0.1) is 5.82 Å². The minimum Gasteiger partial charge on any atom is -0.481 e. The van der Waals surface area contributed by atoms with E-state index in [0.717, 1.165) is 11.3 Å². The number of halogens is 1. The molecule has 1 heterocycles. The molecular formula is C15H18FN3O. The van der Waals surface area contributed by atoms with E-state index in [1.54, 1.807) is 31.5 Å². The molecule has 0 radical (unpaired) electrons. The van der Waals surface area contributed by atoms with Crippen molar-refractivity contribution in [1.29, 1.82) is 0 Å². The summed E-state index contributed by atoms with van der Waals surface area (Å²) in [6.45, 7) is 0.432. The smallest absolute Gasteiger partial charge is 0.212 e. The molecule has 1 aromatic heterocycles. The van der Waals surface area contributed by atoms with Gasteiger partial charge in [0.25, 0.3) is 0 Å². The first-order valence-corrected chi connectivity index (χ1v) is 6.34. The maximum absolute atomic E-state index is 13.0. The van der Waals surface area contributed by atoms with Crippen LogP contribution in [0.1, 0.15) is 11.6 Å². The Bertz CT molecular complexity index is 542. The van der Waals surface area contributed by atoms with Crippen LogP contribution in [0.3, 0.4) is 0 Å². The summed E-state index contributed by atoms with van der Waals surface area (Å²) in [5, 5.41) is 0. The number of aromatic nitrogens is 1. The van der Waals surface area contributed by atoms with Gasteiger partial charge in [0, 0.05) is 31.5 Å². The van der Waals surface area contributed by atoms with Gasteiger partial charge in [-0.2, -0.15) is 0 Å². The van der Waals surface area contributed by atoms with Gasteiger partial charge in [-0.25, -0.2) is 9.37 Å². The Morgan fingerprint density at radius 1 is 1.25 bits per heavy atom. The number of anilines is 1. The molecule has 20 heavy (non-hydrogen) atoms. The summed E-state index contributed by atoms with van der Waals surface area (Å²) < 4.78 is 18.0. The van der Waals surface area contributed by atoms with E-state index in [0.29, 0.717) is 12.4 Å². The molecule has 5 heteroatoms. The van der Waals surface area contributed by atoms with Crippen molar-refractivity contribution in [3.63, 3.8) is 0 Å². The van der Waals surface area contributed by atoms with Crippen LogP contribution < -0.4 is 15.4 Å². The lowest BCUT2D eigenvalue weighted by Gasteiger charge is -2.29. The number of nitrogens with zero attached hydrogens (tertiary/aromatic N) is 2. The van der Waals surface area contributed by atoms with Crippen LogP contribution in [0.5, 0.6) is 5.88 Å². The molecule has 0 aliphatic heterocycles. The van der Waals surface area contributed by atoms with Crippen molar-refractivity contribution in [1.82, 2.24) is 4.98 Å². The summed E-state index contributed by atoms with van der Waals surface area (Å²) in [4.78, 5) is 6.19. The topological polar surface area (TPSA) is 51.4 Å². The van der Waals surface area contributed by atoms with Crippen molar-refractivity contribution in [2.24, 2.45) is 5.73 Å². The molecule has 0 bridgehead atoms. The van der Waals surface area contributed by atoms with Crippen molar-refractivity contribution < 1.29 is 9.13 Å². The number of likely N-dealkylation sites (N-methyl/N-ethyl adjacent to an activating group) is 1. The molecule has 0 aliphatic rings. The van der Waals surface area contributed by atoms with Crippen molar-refractivity contribution >= 4 is 5.69 Å². The number of rotatable bonds is 5. The third kappa shape index (κ3) is 3.05. The largest absolute Gasteiger partial charge is 0.481 e. The number of benzene rings is 1. The molecule has 1 atom stereocenters. The molecule has 106 valence electrons. The molecule has 2 N–H and O–H groups in total. The number of hydrogen-bond acceptors (Lipinski definition) is 4. The zero-order valence-electron chi connectivity index (χ0n) is 11.6. The van der Waals surface area contributed by atoms with Gasteiger partial charge in [-0.1, -0.05) is 6.07 Å². The lowest BCUT2D eigenvalue weighted by molar-refractivity contribution is 0.397. The molecule has 0 saturated carbocycles. The summed E-state index contributed by atoms with van der Waals surface area (Å²) in [7, 11) is 3.50. The Balaban J connectivity index is 2.23. The second-order valence-electron chi connectivity index (χ2n) is 4.47. The van der Waals surface area contributed by atoms with Gasteiger partial charge in [-0.3, -0.25) is 0 Å². The number of methoxy groups -OCH3 is 1. The Hall–Kier alpha value is -2.14. The quantitative estimate of drug-likeness (QED) is 0.910. The Morgan fingerprint density at radius 3 is 2.45 bits per heavy atom. The second-order valence-corrected chi connectivity index (χ2v) is 4.47. The number of hydrogen-bond donors (Lipinski definition) is 1. The van der Waals surface area contributed by atoms with Crippen LogP contribution in [0.4, 0.5) is 10.1 Å². The highest BCUT2D eigenvalue weighted by Gasteiger charge is 2.16. The lowest BCUT2D eigenvalue weighted by Crippen LogP contribution is -2.30. The van der Waals surface area contributed by atoms with E-state index in [-0.39, 0.29) is 11.9 Å². The molecule has 1 unspecified atom stereocenters. The average molecular weight is 275 g/mol. The van der Waals surface area contributed by atoms with Crippen molar-refractivity contribution in [3.05, 3.63) is 54.0 Å². The van der Waals surface area contributed by atoms with E-state index in [1.165, 1.54) is 12.1 Å². The Labute approximate surface area is 118 Å². The molecule has 0 amide bonds. The number of nitrogens with two attached hydrogens (primary N) is 1. The predicted molar refractivity (Wildman–Crippen MR) is 77.4 cm³/mol. The van der Waals surface area contributed by atoms with E-state index >= 15 is 0 Å². The molecule has 2 rings (SSSR count). The van der Waals surface area contributed by atoms with Crippen molar-refractivity contribution in [3.8, 4) is 5.88 Å². The van der Waals surface area contributed by atoms with E-state index in [4.69, 9.17) is 10.5 Å². The van der Waals surface area contributed by atoms with Crippen LogP contribution >= 0.6 is 0 Å². The molecule has 0 saturated heterocycles. The predicted octanol–water partition coefficient (Wildman–Crippen LogP) is 2.37. The van der Waals surface area contributed by atoms with E-state index in [1.807, 2.05) is 18.0 Å². The van der Waals surface area contributed by atoms with Gasteiger partial charge in [0.1, 0.15) is 5.82 Å². The minimum atomic E-state index is -0.252. The summed E-state index contributed by atoms with van der Waals surface area (Å²) >= 11 is 0. The van der Waals surface area contributed by atoms with Gasteiger partial charge < -0.3 is 15.4 Å². The van der Waals surface area contributed by atoms with Gasteiger partial charge in [0.15, 0.2) is 0 Å². The first-order chi connectivity index (χ1) is 9.65. The van der Waals surface area contributed by atoms with Gasteiger partial charge in [-0.15, -0.1) is 0 Å². The maximum atomic E-state index is 13.0. The van der Waals surface area contributed by atoms with Crippen LogP contribution in [0.2, 0.25) is 0 Å². The molecule has 1 aromatic carbocycles. The third-order valence-corrected chi connectivity index (χ3v) is 3.28. The van der Waals surface area contributed by atoms with Crippen molar-refractivity contribution in [2.45, 2.75) is 6.04 Å².